The lowest BCUT2D eigenvalue weighted by atomic mass is 9.91. The molecule has 20 heavy (non-hydrogen) atoms. The van der Waals surface area contributed by atoms with Gasteiger partial charge in [-0.1, -0.05) is 12.1 Å². The maximum Gasteiger partial charge on any atom is 0.226 e. The van der Waals surface area contributed by atoms with Crippen LogP contribution in [0.1, 0.15) is 38.3 Å². The van der Waals surface area contributed by atoms with Crippen LogP contribution in [0.2, 0.25) is 0 Å². The summed E-state index contributed by atoms with van der Waals surface area (Å²) in [7, 11) is 1.84. The third-order valence-corrected chi connectivity index (χ3v) is 4.25. The maximum absolute atomic E-state index is 13.0. The van der Waals surface area contributed by atoms with Crippen molar-refractivity contribution in [2.45, 2.75) is 38.8 Å². The van der Waals surface area contributed by atoms with Gasteiger partial charge >= 0.3 is 0 Å². The molecule has 0 aliphatic carbocycles. The molecule has 1 saturated heterocycles. The van der Waals surface area contributed by atoms with Crippen molar-refractivity contribution in [2.24, 2.45) is 5.92 Å². The Morgan fingerprint density at radius 2 is 2.05 bits per heavy atom. The Hall–Kier alpha value is -1.42. The first kappa shape index (κ1) is 15.0. The van der Waals surface area contributed by atoms with Crippen LogP contribution in [0.25, 0.3) is 0 Å². The molecule has 0 radical (unpaired) electrons. The minimum Gasteiger partial charge on any atom is -0.339 e. The molecule has 3 nitrogen and oxygen atoms in total. The number of piperidine rings is 1. The lowest BCUT2D eigenvalue weighted by Gasteiger charge is -2.33. The Bertz CT molecular complexity index is 460. The zero-order valence-corrected chi connectivity index (χ0v) is 12.4. The fraction of sp³-hybridized carbons (Fsp3) is 0.562. The molecular formula is C16H23FN2O. The summed E-state index contributed by atoms with van der Waals surface area (Å²) >= 11 is 0. The first-order valence-electron chi connectivity index (χ1n) is 7.24. The van der Waals surface area contributed by atoms with Crippen LogP contribution < -0.4 is 5.32 Å². The van der Waals surface area contributed by atoms with Gasteiger partial charge < -0.3 is 10.2 Å². The highest BCUT2D eigenvalue weighted by Gasteiger charge is 2.29. The van der Waals surface area contributed by atoms with Crippen LogP contribution in [0.15, 0.2) is 24.3 Å². The van der Waals surface area contributed by atoms with Gasteiger partial charge in [0.1, 0.15) is 5.82 Å². The normalized spacial score (nSPS) is 24.2. The Morgan fingerprint density at radius 1 is 1.40 bits per heavy atom. The van der Waals surface area contributed by atoms with Crippen molar-refractivity contribution in [3.8, 4) is 0 Å². The molecule has 1 aliphatic rings. The van der Waals surface area contributed by atoms with Gasteiger partial charge in [-0.25, -0.2) is 4.39 Å². The largest absolute Gasteiger partial charge is 0.339 e. The number of carbonyl (C=O) groups is 1. The quantitative estimate of drug-likeness (QED) is 0.922. The van der Waals surface area contributed by atoms with Crippen molar-refractivity contribution in [3.63, 3.8) is 0 Å². The lowest BCUT2D eigenvalue weighted by Crippen LogP contribution is -2.43. The third-order valence-electron chi connectivity index (χ3n) is 4.25. The number of rotatable bonds is 3. The molecule has 1 fully saturated rings. The molecule has 0 bridgehead atoms. The molecule has 2 rings (SSSR count). The maximum atomic E-state index is 13.0. The van der Waals surface area contributed by atoms with Gasteiger partial charge in [0.05, 0.1) is 6.04 Å². The molecule has 1 aromatic rings. The molecule has 1 aliphatic heterocycles. The molecular weight excluding hydrogens is 255 g/mol. The van der Waals surface area contributed by atoms with Gasteiger partial charge in [0.15, 0.2) is 0 Å². The van der Waals surface area contributed by atoms with Crippen molar-refractivity contribution in [3.05, 3.63) is 35.6 Å². The number of amides is 1. The van der Waals surface area contributed by atoms with E-state index >= 15 is 0 Å². The van der Waals surface area contributed by atoms with E-state index in [4.69, 9.17) is 0 Å². The summed E-state index contributed by atoms with van der Waals surface area (Å²) in [5.41, 5.74) is 0.962. The van der Waals surface area contributed by atoms with Crippen LogP contribution in [0.5, 0.6) is 0 Å². The van der Waals surface area contributed by atoms with Crippen LogP contribution in [0, 0.1) is 11.7 Å². The van der Waals surface area contributed by atoms with Gasteiger partial charge in [-0.3, -0.25) is 4.79 Å². The molecule has 1 unspecified atom stereocenters. The van der Waals surface area contributed by atoms with Crippen molar-refractivity contribution in [2.75, 3.05) is 13.6 Å². The lowest BCUT2D eigenvalue weighted by molar-refractivity contribution is -0.137. The van der Waals surface area contributed by atoms with Crippen molar-refractivity contribution >= 4 is 5.91 Å². The number of carbonyl (C=O) groups excluding carboxylic acids is 1. The smallest absolute Gasteiger partial charge is 0.226 e. The molecule has 110 valence electrons. The van der Waals surface area contributed by atoms with E-state index in [2.05, 4.69) is 12.2 Å². The zero-order chi connectivity index (χ0) is 14.7. The van der Waals surface area contributed by atoms with Crippen LogP contribution in [0.4, 0.5) is 4.39 Å². The number of benzene rings is 1. The minimum absolute atomic E-state index is 0.0340. The molecule has 0 spiro atoms. The van der Waals surface area contributed by atoms with Crippen molar-refractivity contribution < 1.29 is 9.18 Å². The predicted octanol–water partition coefficient (Wildman–Crippen LogP) is 2.73. The van der Waals surface area contributed by atoms with Gasteiger partial charge in [0.25, 0.3) is 0 Å². The predicted molar refractivity (Wildman–Crippen MR) is 77.8 cm³/mol. The van der Waals surface area contributed by atoms with Crippen LogP contribution in [-0.4, -0.2) is 30.4 Å². The topological polar surface area (TPSA) is 32.3 Å². The average molecular weight is 278 g/mol. The second-order valence-corrected chi connectivity index (χ2v) is 5.75. The minimum atomic E-state index is -0.248. The summed E-state index contributed by atoms with van der Waals surface area (Å²) in [4.78, 5) is 14.3. The second kappa shape index (κ2) is 6.35. The Balaban J connectivity index is 2.03. The first-order valence-corrected chi connectivity index (χ1v) is 7.24. The number of hydrogen-bond donors (Lipinski definition) is 1. The Morgan fingerprint density at radius 3 is 2.65 bits per heavy atom. The molecule has 1 N–H and O–H groups in total. The van der Waals surface area contributed by atoms with Gasteiger partial charge in [-0.2, -0.15) is 0 Å². The number of hydrogen-bond acceptors (Lipinski definition) is 2. The summed E-state index contributed by atoms with van der Waals surface area (Å²) < 4.78 is 13.0. The van der Waals surface area contributed by atoms with Crippen LogP contribution >= 0.6 is 0 Å². The molecule has 1 heterocycles. The van der Waals surface area contributed by atoms with E-state index in [0.717, 1.165) is 24.9 Å². The highest BCUT2D eigenvalue weighted by Crippen LogP contribution is 2.24. The summed E-state index contributed by atoms with van der Waals surface area (Å²) in [6.07, 6.45) is 1.78. The SMILES string of the molecule is CC(c1ccc(F)cc1)N(C)C(=O)[C@H]1CCN[C@@H](C)C1. The molecule has 4 heteroatoms. The molecule has 1 aromatic carbocycles. The highest BCUT2D eigenvalue weighted by atomic mass is 19.1. The fourth-order valence-electron chi connectivity index (χ4n) is 2.80. The molecule has 0 aromatic heterocycles. The first-order chi connectivity index (χ1) is 9.49. The van der Waals surface area contributed by atoms with Gasteiger partial charge in [0.2, 0.25) is 5.91 Å². The van der Waals surface area contributed by atoms with Gasteiger partial charge in [-0.05, 0) is 50.9 Å². The number of nitrogens with one attached hydrogen (secondary N) is 1. The zero-order valence-electron chi connectivity index (χ0n) is 12.4. The van der Waals surface area contributed by atoms with Gasteiger partial charge in [0, 0.05) is 19.0 Å². The van der Waals surface area contributed by atoms with E-state index < -0.39 is 0 Å². The van der Waals surface area contributed by atoms with E-state index in [9.17, 15) is 9.18 Å². The summed E-state index contributed by atoms with van der Waals surface area (Å²) in [5, 5.41) is 3.36. The van der Waals surface area contributed by atoms with E-state index in [1.807, 2.05) is 14.0 Å². The third kappa shape index (κ3) is 3.37. The monoisotopic (exact) mass is 278 g/mol. The van der Waals surface area contributed by atoms with Crippen molar-refractivity contribution in [1.82, 2.24) is 10.2 Å². The van der Waals surface area contributed by atoms with E-state index in [0.29, 0.717) is 6.04 Å². The molecule has 0 saturated carbocycles. The van der Waals surface area contributed by atoms with Gasteiger partial charge in [-0.15, -0.1) is 0 Å². The Kier molecular flexibility index (Phi) is 4.76. The summed E-state index contributed by atoms with van der Waals surface area (Å²) in [6.45, 7) is 4.99. The second-order valence-electron chi connectivity index (χ2n) is 5.75. The highest BCUT2D eigenvalue weighted by molar-refractivity contribution is 5.79. The standard InChI is InChI=1S/C16H23FN2O/c1-11-10-14(8-9-18-11)16(20)19(3)12(2)13-4-6-15(17)7-5-13/h4-7,11-12,14,18H,8-10H2,1-3H3/t11-,12?,14-/m0/s1. The summed E-state index contributed by atoms with van der Waals surface area (Å²) in [5.74, 6) is 0.0384. The number of nitrogens with zero attached hydrogens (tertiary/aromatic N) is 1. The number of halogens is 1. The average Bonchev–Trinajstić information content (AvgIpc) is 2.46. The van der Waals surface area contributed by atoms with E-state index in [1.165, 1.54) is 12.1 Å². The summed E-state index contributed by atoms with van der Waals surface area (Å²) in [6, 6.07) is 6.73. The van der Waals surface area contributed by atoms with Crippen LogP contribution in [-0.2, 0) is 4.79 Å². The fourth-order valence-corrected chi connectivity index (χ4v) is 2.80. The Labute approximate surface area is 120 Å². The molecule has 3 atom stereocenters. The van der Waals surface area contributed by atoms with Crippen molar-refractivity contribution in [1.29, 1.82) is 0 Å². The van der Waals surface area contributed by atoms with E-state index in [1.54, 1.807) is 17.0 Å². The van der Waals surface area contributed by atoms with E-state index in [-0.39, 0.29) is 23.7 Å². The van der Waals surface area contributed by atoms with Crippen LogP contribution in [0.3, 0.4) is 0 Å². The molecule has 1 amide bonds.